The molecule has 0 fully saturated rings. The Bertz CT molecular complexity index is 1630. The summed E-state index contributed by atoms with van der Waals surface area (Å²) in [4.78, 5) is 30.5. The van der Waals surface area contributed by atoms with E-state index >= 15 is 0 Å². The third kappa shape index (κ3) is 4.27. The van der Waals surface area contributed by atoms with E-state index in [0.29, 0.717) is 31.2 Å². The molecule has 0 radical (unpaired) electrons. The monoisotopic (exact) mass is 535 g/mol. The minimum Gasteiger partial charge on any atom is -0.493 e. The van der Waals surface area contributed by atoms with Crippen LogP contribution in [0.1, 0.15) is 5.56 Å². The Morgan fingerprint density at radius 2 is 1.91 bits per heavy atom. The largest absolute Gasteiger partial charge is 0.493 e. The molecule has 1 amide bonds. The molecular formula is C25H18BrN3O4S. The van der Waals surface area contributed by atoms with Gasteiger partial charge in [0.05, 0.1) is 27.1 Å². The highest BCUT2D eigenvalue weighted by molar-refractivity contribution is 9.10. The van der Waals surface area contributed by atoms with Gasteiger partial charge in [-0.2, -0.15) is 0 Å². The highest BCUT2D eigenvalue weighted by Crippen LogP contribution is 2.37. The van der Waals surface area contributed by atoms with Gasteiger partial charge in [-0.3, -0.25) is 9.59 Å². The first-order valence-electron chi connectivity index (χ1n) is 10.3. The molecule has 2 heterocycles. The summed E-state index contributed by atoms with van der Waals surface area (Å²) in [6, 6.07) is 20.3. The van der Waals surface area contributed by atoms with Crippen molar-refractivity contribution in [1.29, 1.82) is 0 Å². The van der Waals surface area contributed by atoms with Crippen LogP contribution in [0.25, 0.3) is 22.1 Å². The number of para-hydroxylation sites is 3. The van der Waals surface area contributed by atoms with Crippen LogP contribution in [0.4, 0.5) is 5.69 Å². The number of halogens is 1. The fraction of sp³-hybridized carbons (Fsp3) is 0.0800. The standard InChI is InChI=1S/C25H18BrN3O4S/c1-32-20-12-15(11-17(26)23(20)33-14-22(30)27-16-7-3-2-4-8-16)13-21-24(31)29-19-10-6-5-9-18(19)28-25(29)34-21/h2-13H,14H2,1H3,(H,27,30). The minimum absolute atomic E-state index is 0.123. The van der Waals surface area contributed by atoms with Crippen molar-refractivity contribution in [3.05, 3.63) is 91.7 Å². The number of benzene rings is 3. The third-order valence-electron chi connectivity index (χ3n) is 5.10. The molecule has 1 N–H and O–H groups in total. The molecule has 0 aliphatic rings. The first-order chi connectivity index (χ1) is 16.5. The molecule has 2 aromatic heterocycles. The van der Waals surface area contributed by atoms with E-state index in [2.05, 4.69) is 26.2 Å². The lowest BCUT2D eigenvalue weighted by Crippen LogP contribution is -2.22. The summed E-state index contributed by atoms with van der Waals surface area (Å²) < 4.78 is 14.0. The van der Waals surface area contributed by atoms with Gasteiger partial charge in [0.25, 0.3) is 11.5 Å². The summed E-state index contributed by atoms with van der Waals surface area (Å²) in [6.07, 6.45) is 1.79. The number of nitrogens with one attached hydrogen (secondary N) is 1. The van der Waals surface area contributed by atoms with Crippen LogP contribution in [0.3, 0.4) is 0 Å². The van der Waals surface area contributed by atoms with Gasteiger partial charge < -0.3 is 14.8 Å². The first-order valence-corrected chi connectivity index (χ1v) is 11.9. The molecule has 9 heteroatoms. The molecule has 0 saturated heterocycles. The van der Waals surface area contributed by atoms with E-state index in [4.69, 9.17) is 9.47 Å². The van der Waals surface area contributed by atoms with Gasteiger partial charge in [0.1, 0.15) is 0 Å². The molecule has 0 bridgehead atoms. The van der Waals surface area contributed by atoms with E-state index in [0.717, 1.165) is 16.6 Å². The van der Waals surface area contributed by atoms with Crippen LogP contribution >= 0.6 is 27.3 Å². The average Bonchev–Trinajstić information content (AvgIpc) is 3.34. The maximum atomic E-state index is 13.0. The van der Waals surface area contributed by atoms with Crippen molar-refractivity contribution in [2.24, 2.45) is 0 Å². The fourth-order valence-electron chi connectivity index (χ4n) is 3.58. The second-order valence-corrected chi connectivity index (χ2v) is 9.23. The molecule has 0 atom stereocenters. The van der Waals surface area contributed by atoms with Gasteiger partial charge in [-0.25, -0.2) is 9.38 Å². The number of amides is 1. The van der Waals surface area contributed by atoms with Crippen molar-refractivity contribution < 1.29 is 14.3 Å². The van der Waals surface area contributed by atoms with Crippen molar-refractivity contribution in [3.8, 4) is 11.5 Å². The van der Waals surface area contributed by atoms with Crippen molar-refractivity contribution in [2.75, 3.05) is 19.0 Å². The highest BCUT2D eigenvalue weighted by Gasteiger charge is 2.15. The number of aromatic nitrogens is 2. The predicted octanol–water partition coefficient (Wildman–Crippen LogP) is 4.25. The topological polar surface area (TPSA) is 81.9 Å². The lowest BCUT2D eigenvalue weighted by Gasteiger charge is -2.13. The molecule has 34 heavy (non-hydrogen) atoms. The van der Waals surface area contributed by atoms with Crippen molar-refractivity contribution in [3.63, 3.8) is 0 Å². The quantitative estimate of drug-likeness (QED) is 0.351. The van der Waals surface area contributed by atoms with E-state index in [-0.39, 0.29) is 18.1 Å². The van der Waals surface area contributed by atoms with E-state index in [1.807, 2.05) is 48.5 Å². The minimum atomic E-state index is -0.291. The Morgan fingerprint density at radius 1 is 1.15 bits per heavy atom. The molecule has 7 nitrogen and oxygen atoms in total. The zero-order valence-corrected chi connectivity index (χ0v) is 20.4. The lowest BCUT2D eigenvalue weighted by molar-refractivity contribution is -0.118. The molecule has 0 unspecified atom stereocenters. The van der Waals surface area contributed by atoms with Gasteiger partial charge in [-0.05, 0) is 64.0 Å². The SMILES string of the molecule is COc1cc(C=c2sc3nc4ccccc4n3c2=O)cc(Br)c1OCC(=O)Nc1ccccc1. The summed E-state index contributed by atoms with van der Waals surface area (Å²) >= 11 is 4.82. The molecule has 5 rings (SSSR count). The Morgan fingerprint density at radius 3 is 2.71 bits per heavy atom. The number of fused-ring (bicyclic) bond motifs is 3. The molecule has 3 aromatic carbocycles. The molecule has 0 aliphatic carbocycles. The van der Waals surface area contributed by atoms with E-state index in [1.165, 1.54) is 18.4 Å². The number of ether oxygens (including phenoxy) is 2. The van der Waals surface area contributed by atoms with Gasteiger partial charge in [-0.15, -0.1) is 0 Å². The number of hydrogen-bond donors (Lipinski definition) is 1. The summed E-state index contributed by atoms with van der Waals surface area (Å²) in [5.74, 6) is 0.547. The number of methoxy groups -OCH3 is 1. The van der Waals surface area contributed by atoms with Crippen LogP contribution in [0, 0.1) is 0 Å². The van der Waals surface area contributed by atoms with Crippen LogP contribution in [0.2, 0.25) is 0 Å². The number of rotatable bonds is 6. The number of thiazole rings is 1. The van der Waals surface area contributed by atoms with Gasteiger partial charge in [0, 0.05) is 5.69 Å². The van der Waals surface area contributed by atoms with E-state index in [9.17, 15) is 9.59 Å². The maximum Gasteiger partial charge on any atom is 0.274 e. The number of carbonyl (C=O) groups excluding carboxylic acids is 1. The number of anilines is 1. The maximum absolute atomic E-state index is 13.0. The molecule has 0 spiro atoms. The zero-order chi connectivity index (χ0) is 23.7. The summed E-state index contributed by atoms with van der Waals surface area (Å²) in [5.41, 5.74) is 2.89. The number of carbonyl (C=O) groups is 1. The molecule has 5 aromatic rings. The molecular weight excluding hydrogens is 518 g/mol. The normalized spacial score (nSPS) is 11.8. The van der Waals surface area contributed by atoms with E-state index < -0.39 is 0 Å². The fourth-order valence-corrected chi connectivity index (χ4v) is 5.14. The average molecular weight is 536 g/mol. The molecule has 170 valence electrons. The van der Waals surface area contributed by atoms with Crippen molar-refractivity contribution in [2.45, 2.75) is 0 Å². The first kappa shape index (κ1) is 22.1. The van der Waals surface area contributed by atoms with Crippen LogP contribution in [-0.2, 0) is 4.79 Å². The van der Waals surface area contributed by atoms with Crippen molar-refractivity contribution >= 4 is 60.9 Å². The summed E-state index contributed by atoms with van der Waals surface area (Å²) in [5, 5.41) is 2.77. The van der Waals surface area contributed by atoms with Gasteiger partial charge in [0.2, 0.25) is 0 Å². The van der Waals surface area contributed by atoms with Gasteiger partial charge >= 0.3 is 0 Å². The third-order valence-corrected chi connectivity index (χ3v) is 6.66. The van der Waals surface area contributed by atoms with Crippen LogP contribution in [0.15, 0.2) is 76.0 Å². The number of nitrogens with zero attached hydrogens (tertiary/aromatic N) is 2. The summed E-state index contributed by atoms with van der Waals surface area (Å²) in [6.45, 7) is -0.188. The Hall–Kier alpha value is -3.69. The lowest BCUT2D eigenvalue weighted by atomic mass is 10.2. The number of hydrogen-bond acceptors (Lipinski definition) is 6. The molecule has 0 aliphatic heterocycles. The zero-order valence-electron chi connectivity index (χ0n) is 17.9. The Labute approximate surface area is 206 Å². The Kier molecular flexibility index (Phi) is 6.04. The number of imidazole rings is 1. The smallest absolute Gasteiger partial charge is 0.274 e. The van der Waals surface area contributed by atoms with Crippen LogP contribution < -0.4 is 24.9 Å². The second-order valence-electron chi connectivity index (χ2n) is 7.37. The predicted molar refractivity (Wildman–Crippen MR) is 137 cm³/mol. The Balaban J connectivity index is 1.42. The van der Waals surface area contributed by atoms with Gasteiger partial charge in [0.15, 0.2) is 23.1 Å². The highest BCUT2D eigenvalue weighted by atomic mass is 79.9. The van der Waals surface area contributed by atoms with Gasteiger partial charge in [-0.1, -0.05) is 41.7 Å². The van der Waals surface area contributed by atoms with Crippen molar-refractivity contribution in [1.82, 2.24) is 9.38 Å². The molecule has 0 saturated carbocycles. The summed E-state index contributed by atoms with van der Waals surface area (Å²) in [7, 11) is 1.52. The second kappa shape index (κ2) is 9.28. The van der Waals surface area contributed by atoms with Crippen LogP contribution in [-0.4, -0.2) is 29.0 Å². The van der Waals surface area contributed by atoms with E-state index in [1.54, 1.807) is 28.7 Å². The van der Waals surface area contributed by atoms with Crippen LogP contribution in [0.5, 0.6) is 11.5 Å².